The van der Waals surface area contributed by atoms with Crippen LogP contribution in [0.5, 0.6) is 0 Å². The zero-order valence-electron chi connectivity index (χ0n) is 9.80. The average molecular weight is 257 g/mol. The van der Waals surface area contributed by atoms with Crippen LogP contribution in [0, 0.1) is 0 Å². The van der Waals surface area contributed by atoms with E-state index in [0.29, 0.717) is 12.5 Å². The third kappa shape index (κ3) is 1.94. The molecule has 3 nitrogen and oxygen atoms in total. The highest BCUT2D eigenvalue weighted by Crippen LogP contribution is 2.35. The Kier molecular flexibility index (Phi) is 2.69. The minimum absolute atomic E-state index is 0.371. The third-order valence-electron chi connectivity index (χ3n) is 3.64. The lowest BCUT2D eigenvalue weighted by Gasteiger charge is -2.41. The monoisotopic (exact) mass is 257 g/mol. The summed E-state index contributed by atoms with van der Waals surface area (Å²) in [6, 6.07) is 1.62. The molecule has 0 aromatic carbocycles. The van der Waals surface area contributed by atoms with Crippen LogP contribution in [0.25, 0.3) is 0 Å². The zero-order chi connectivity index (χ0) is 12.8. The van der Waals surface area contributed by atoms with E-state index in [-0.39, 0.29) is 0 Å². The lowest BCUT2D eigenvalue weighted by atomic mass is 9.96. The first-order chi connectivity index (χ1) is 8.55. The summed E-state index contributed by atoms with van der Waals surface area (Å²) in [4.78, 5) is 6.18. The van der Waals surface area contributed by atoms with Gasteiger partial charge in [-0.05, 0) is 24.5 Å². The quantitative estimate of drug-likeness (QED) is 0.768. The van der Waals surface area contributed by atoms with E-state index in [4.69, 9.17) is 0 Å². The van der Waals surface area contributed by atoms with Crippen molar-refractivity contribution in [3.8, 4) is 0 Å². The summed E-state index contributed by atoms with van der Waals surface area (Å²) in [7, 11) is 0. The molecule has 1 unspecified atom stereocenters. The molecule has 3 rings (SSSR count). The number of nitrogens with zero attached hydrogens (tertiary/aromatic N) is 2. The summed E-state index contributed by atoms with van der Waals surface area (Å²) in [6.07, 6.45) is -1.79. The van der Waals surface area contributed by atoms with Crippen LogP contribution >= 0.6 is 0 Å². The van der Waals surface area contributed by atoms with Gasteiger partial charge in [-0.1, -0.05) is 0 Å². The van der Waals surface area contributed by atoms with Crippen molar-refractivity contribution in [2.75, 3.05) is 24.5 Å². The molecule has 2 aliphatic rings. The van der Waals surface area contributed by atoms with Crippen LogP contribution in [0.15, 0.2) is 12.3 Å². The first kappa shape index (κ1) is 11.8. The number of fused-ring (bicyclic) bond motifs is 3. The number of alkyl halides is 3. The molecule has 0 saturated carbocycles. The first-order valence-corrected chi connectivity index (χ1v) is 6.09. The maximum atomic E-state index is 12.6. The molecule has 0 radical (unpaired) electrons. The van der Waals surface area contributed by atoms with E-state index in [1.54, 1.807) is 0 Å². The van der Waals surface area contributed by atoms with Gasteiger partial charge in [-0.15, -0.1) is 0 Å². The fourth-order valence-electron chi connectivity index (χ4n) is 2.72. The maximum Gasteiger partial charge on any atom is 0.417 e. The van der Waals surface area contributed by atoms with Crippen molar-refractivity contribution in [3.05, 3.63) is 23.4 Å². The number of hydrogen-bond donors (Lipinski definition) is 1. The molecule has 1 aromatic heterocycles. The number of halogens is 3. The van der Waals surface area contributed by atoms with Crippen molar-refractivity contribution in [1.82, 2.24) is 10.3 Å². The average Bonchev–Trinajstić information content (AvgIpc) is 2.37. The van der Waals surface area contributed by atoms with Crippen LogP contribution in [0.4, 0.5) is 19.0 Å². The summed E-state index contributed by atoms with van der Waals surface area (Å²) in [5, 5.41) is 3.30. The Labute approximate surface area is 103 Å². The van der Waals surface area contributed by atoms with Gasteiger partial charge in [0.25, 0.3) is 0 Å². The maximum absolute atomic E-state index is 12.6. The molecule has 3 heterocycles. The molecule has 0 bridgehead atoms. The summed E-state index contributed by atoms with van der Waals surface area (Å²) in [5.74, 6) is 0.737. The molecule has 0 spiro atoms. The summed E-state index contributed by atoms with van der Waals surface area (Å²) in [5.41, 5.74) is 0.0813. The summed E-state index contributed by atoms with van der Waals surface area (Å²) < 4.78 is 37.9. The molecule has 98 valence electrons. The molecule has 18 heavy (non-hydrogen) atoms. The van der Waals surface area contributed by atoms with Crippen molar-refractivity contribution >= 4 is 5.82 Å². The Bertz CT molecular complexity index is 458. The van der Waals surface area contributed by atoms with E-state index in [1.807, 2.05) is 0 Å². The van der Waals surface area contributed by atoms with Crippen molar-refractivity contribution in [2.24, 2.45) is 0 Å². The highest BCUT2D eigenvalue weighted by atomic mass is 19.4. The fraction of sp³-hybridized carbons (Fsp3) is 0.583. The van der Waals surface area contributed by atoms with E-state index in [0.717, 1.165) is 43.6 Å². The molecule has 1 atom stereocenters. The molecule has 1 N–H and O–H groups in total. The molecule has 1 aromatic rings. The molecule has 0 amide bonds. The van der Waals surface area contributed by atoms with Gasteiger partial charge in [0.15, 0.2) is 0 Å². The minimum Gasteiger partial charge on any atom is -0.351 e. The van der Waals surface area contributed by atoms with Crippen molar-refractivity contribution in [2.45, 2.75) is 25.1 Å². The van der Waals surface area contributed by atoms with Gasteiger partial charge in [0.05, 0.1) is 5.56 Å². The van der Waals surface area contributed by atoms with E-state index >= 15 is 0 Å². The van der Waals surface area contributed by atoms with E-state index in [2.05, 4.69) is 15.2 Å². The third-order valence-corrected chi connectivity index (χ3v) is 3.64. The van der Waals surface area contributed by atoms with Crippen LogP contribution in [0.1, 0.15) is 17.5 Å². The van der Waals surface area contributed by atoms with Crippen molar-refractivity contribution in [3.63, 3.8) is 0 Å². The van der Waals surface area contributed by atoms with Gasteiger partial charge in [-0.3, -0.25) is 0 Å². The van der Waals surface area contributed by atoms with Crippen molar-refractivity contribution < 1.29 is 13.2 Å². The van der Waals surface area contributed by atoms with Gasteiger partial charge in [-0.25, -0.2) is 4.98 Å². The smallest absolute Gasteiger partial charge is 0.351 e. The second-order valence-corrected chi connectivity index (χ2v) is 4.79. The molecular formula is C12H14F3N3. The highest BCUT2D eigenvalue weighted by Gasteiger charge is 2.34. The van der Waals surface area contributed by atoms with E-state index < -0.39 is 11.7 Å². The molecule has 6 heteroatoms. The van der Waals surface area contributed by atoms with Crippen molar-refractivity contribution in [1.29, 1.82) is 0 Å². The number of piperazine rings is 1. The lowest BCUT2D eigenvalue weighted by molar-refractivity contribution is -0.137. The SMILES string of the molecule is FC(F)(F)c1cnc2c(c1)CCC1CNCCN21. The predicted octanol–water partition coefficient (Wildman–Crippen LogP) is 1.82. The number of aryl methyl sites for hydroxylation is 1. The normalized spacial score (nSPS) is 23.5. The van der Waals surface area contributed by atoms with Gasteiger partial charge < -0.3 is 10.2 Å². The number of pyridine rings is 1. The zero-order valence-corrected chi connectivity index (χ0v) is 9.80. The lowest BCUT2D eigenvalue weighted by Crippen LogP contribution is -2.53. The fourth-order valence-corrected chi connectivity index (χ4v) is 2.72. The largest absolute Gasteiger partial charge is 0.417 e. The second kappa shape index (κ2) is 4.12. The van der Waals surface area contributed by atoms with Crippen LogP contribution in [0.2, 0.25) is 0 Å². The minimum atomic E-state index is -4.30. The Balaban J connectivity index is 1.96. The highest BCUT2D eigenvalue weighted by molar-refractivity contribution is 5.52. The Morgan fingerprint density at radius 3 is 3.00 bits per heavy atom. The van der Waals surface area contributed by atoms with Gasteiger partial charge >= 0.3 is 6.18 Å². The van der Waals surface area contributed by atoms with Gasteiger partial charge in [0.2, 0.25) is 0 Å². The number of rotatable bonds is 0. The molecule has 1 saturated heterocycles. The van der Waals surface area contributed by atoms with Gasteiger partial charge in [0.1, 0.15) is 5.82 Å². The molecule has 2 aliphatic heterocycles. The Morgan fingerprint density at radius 1 is 1.39 bits per heavy atom. The van der Waals surface area contributed by atoms with Crippen LogP contribution < -0.4 is 10.2 Å². The second-order valence-electron chi connectivity index (χ2n) is 4.79. The number of nitrogens with one attached hydrogen (secondary N) is 1. The number of anilines is 1. The topological polar surface area (TPSA) is 28.2 Å². The predicted molar refractivity (Wildman–Crippen MR) is 61.6 cm³/mol. The first-order valence-electron chi connectivity index (χ1n) is 6.09. The summed E-state index contributed by atoms with van der Waals surface area (Å²) in [6.45, 7) is 2.57. The molecular weight excluding hydrogens is 243 g/mol. The number of hydrogen-bond acceptors (Lipinski definition) is 3. The summed E-state index contributed by atoms with van der Waals surface area (Å²) >= 11 is 0. The van der Waals surface area contributed by atoms with Gasteiger partial charge in [-0.2, -0.15) is 13.2 Å². The van der Waals surface area contributed by atoms with Crippen LogP contribution in [-0.4, -0.2) is 30.7 Å². The van der Waals surface area contributed by atoms with Crippen LogP contribution in [-0.2, 0) is 12.6 Å². The Morgan fingerprint density at radius 2 is 2.22 bits per heavy atom. The number of aromatic nitrogens is 1. The van der Waals surface area contributed by atoms with Crippen LogP contribution in [0.3, 0.4) is 0 Å². The molecule has 1 fully saturated rings. The van der Waals surface area contributed by atoms with E-state index in [1.165, 1.54) is 6.07 Å². The van der Waals surface area contributed by atoms with Gasteiger partial charge in [0, 0.05) is 31.9 Å². The standard InChI is InChI=1S/C12H14F3N3/c13-12(14,15)9-5-8-1-2-10-7-16-3-4-18(10)11(8)17-6-9/h5-6,10,16H,1-4,7H2. The Hall–Kier alpha value is -1.30. The van der Waals surface area contributed by atoms with E-state index in [9.17, 15) is 13.2 Å². The molecule has 0 aliphatic carbocycles.